The van der Waals surface area contributed by atoms with E-state index < -0.39 is 10.0 Å². The quantitative estimate of drug-likeness (QED) is 0.487. The number of fused-ring (bicyclic) bond motifs is 1. The van der Waals surface area contributed by atoms with Crippen LogP contribution in [-0.4, -0.2) is 76.4 Å². The van der Waals surface area contributed by atoms with E-state index in [2.05, 4.69) is 10.2 Å². The Morgan fingerprint density at radius 1 is 0.923 bits per heavy atom. The lowest BCUT2D eigenvalue weighted by Gasteiger charge is -2.32. The van der Waals surface area contributed by atoms with Crippen molar-refractivity contribution in [2.45, 2.75) is 18.2 Å². The monoisotopic (exact) mass is 548 g/mol. The second-order valence-electron chi connectivity index (χ2n) is 9.89. The molecule has 1 N–H and O–H groups in total. The van der Waals surface area contributed by atoms with Crippen LogP contribution in [-0.2, 0) is 21.2 Å². The van der Waals surface area contributed by atoms with Crippen molar-refractivity contribution in [2.75, 3.05) is 56.0 Å². The summed E-state index contributed by atoms with van der Waals surface area (Å²) < 4.78 is 33.7. The van der Waals surface area contributed by atoms with Gasteiger partial charge in [0.2, 0.25) is 0 Å². The van der Waals surface area contributed by atoms with Gasteiger partial charge in [0.15, 0.2) is 6.61 Å². The van der Waals surface area contributed by atoms with Crippen LogP contribution in [0.1, 0.15) is 21.5 Å². The smallest absolute Gasteiger partial charge is 0.264 e. The van der Waals surface area contributed by atoms with Crippen LogP contribution in [0.5, 0.6) is 5.75 Å². The first-order valence-electron chi connectivity index (χ1n) is 12.9. The van der Waals surface area contributed by atoms with Crippen molar-refractivity contribution in [2.24, 2.45) is 0 Å². The molecule has 0 unspecified atom stereocenters. The molecule has 204 valence electrons. The van der Waals surface area contributed by atoms with Gasteiger partial charge >= 0.3 is 0 Å². The molecule has 0 bridgehead atoms. The standard InChI is InChI=1S/C29H32N4O5S/c1-21-19-25(39(36,37)33-14-13-22-5-3-4-6-26(22)33)11-12-27(21)38-20-28(34)30-24-9-7-23(8-10-24)29(35)32-17-15-31(2)16-18-32/h3-12,19H,13-18,20H2,1-2H3,(H,30,34). The molecule has 1 fully saturated rings. The van der Waals surface area contributed by atoms with Crippen molar-refractivity contribution in [3.8, 4) is 5.75 Å². The largest absolute Gasteiger partial charge is 0.483 e. The minimum Gasteiger partial charge on any atom is -0.483 e. The summed E-state index contributed by atoms with van der Waals surface area (Å²) in [5.41, 5.74) is 3.48. The topological polar surface area (TPSA) is 99.3 Å². The Bertz CT molecular complexity index is 1480. The lowest BCUT2D eigenvalue weighted by molar-refractivity contribution is -0.118. The molecule has 0 radical (unpaired) electrons. The summed E-state index contributed by atoms with van der Waals surface area (Å²) in [6.45, 7) is 5.02. The van der Waals surface area contributed by atoms with Crippen molar-refractivity contribution >= 4 is 33.2 Å². The summed E-state index contributed by atoms with van der Waals surface area (Å²) >= 11 is 0. The number of aryl methyl sites for hydroxylation is 1. The van der Waals surface area contributed by atoms with E-state index in [9.17, 15) is 18.0 Å². The van der Waals surface area contributed by atoms with Crippen molar-refractivity contribution < 1.29 is 22.7 Å². The molecule has 9 nitrogen and oxygen atoms in total. The SMILES string of the molecule is Cc1cc(S(=O)(=O)N2CCc3ccccc32)ccc1OCC(=O)Nc1ccc(C(=O)N2CCN(C)CC2)cc1. The van der Waals surface area contributed by atoms with Crippen molar-refractivity contribution in [1.29, 1.82) is 0 Å². The Balaban J connectivity index is 1.17. The molecule has 2 heterocycles. The summed E-state index contributed by atoms with van der Waals surface area (Å²) in [7, 11) is -1.67. The number of likely N-dealkylation sites (N-methyl/N-ethyl adjacent to an activating group) is 1. The molecule has 3 aromatic carbocycles. The molecular formula is C29H32N4O5S. The predicted octanol–water partition coefficient (Wildman–Crippen LogP) is 3.15. The zero-order valence-corrected chi connectivity index (χ0v) is 22.9. The van der Waals surface area contributed by atoms with E-state index >= 15 is 0 Å². The van der Waals surface area contributed by atoms with Crippen LogP contribution in [0.25, 0.3) is 0 Å². The number of ether oxygens (including phenoxy) is 1. The van der Waals surface area contributed by atoms with Gasteiger partial charge in [-0.3, -0.25) is 13.9 Å². The van der Waals surface area contributed by atoms with E-state index in [0.717, 1.165) is 18.7 Å². The van der Waals surface area contributed by atoms with Gasteiger partial charge in [-0.2, -0.15) is 0 Å². The molecule has 39 heavy (non-hydrogen) atoms. The first kappa shape index (κ1) is 26.7. The number of hydrogen-bond donors (Lipinski definition) is 1. The van der Waals surface area contributed by atoms with Gasteiger partial charge in [-0.1, -0.05) is 18.2 Å². The summed E-state index contributed by atoms with van der Waals surface area (Å²) in [5.74, 6) is 0.0520. The summed E-state index contributed by atoms with van der Waals surface area (Å²) in [4.78, 5) is 29.4. The predicted molar refractivity (Wildman–Crippen MR) is 150 cm³/mol. The van der Waals surface area contributed by atoms with Gasteiger partial charge in [-0.15, -0.1) is 0 Å². The summed E-state index contributed by atoms with van der Waals surface area (Å²) in [6, 6.07) is 19.0. The number of piperazine rings is 1. The van der Waals surface area contributed by atoms with Gasteiger partial charge in [0.25, 0.3) is 21.8 Å². The van der Waals surface area contributed by atoms with Crippen molar-refractivity contribution in [1.82, 2.24) is 9.80 Å². The number of amides is 2. The fourth-order valence-electron chi connectivity index (χ4n) is 4.86. The average Bonchev–Trinajstić information content (AvgIpc) is 3.38. The molecule has 1 saturated heterocycles. The number of carbonyl (C=O) groups is 2. The van der Waals surface area contributed by atoms with Crippen molar-refractivity contribution in [3.05, 3.63) is 83.4 Å². The molecule has 0 aliphatic carbocycles. The number of benzene rings is 3. The maximum Gasteiger partial charge on any atom is 0.264 e. The second-order valence-corrected chi connectivity index (χ2v) is 11.8. The normalized spacial score (nSPS) is 15.6. The van der Waals surface area contributed by atoms with Gasteiger partial charge < -0.3 is 19.9 Å². The Hall–Kier alpha value is -3.89. The molecule has 0 spiro atoms. The van der Waals surface area contributed by atoms with Gasteiger partial charge in [-0.25, -0.2) is 8.42 Å². The van der Waals surface area contributed by atoms with Gasteiger partial charge in [-0.05, 0) is 80.1 Å². The number of para-hydroxylation sites is 1. The highest BCUT2D eigenvalue weighted by atomic mass is 32.2. The van der Waals surface area contributed by atoms with E-state index in [-0.39, 0.29) is 23.3 Å². The molecule has 2 aliphatic rings. The Morgan fingerprint density at radius 3 is 2.36 bits per heavy atom. The van der Waals surface area contributed by atoms with Gasteiger partial charge in [0.1, 0.15) is 5.75 Å². The molecule has 10 heteroatoms. The van der Waals surface area contributed by atoms with Crippen LogP contribution in [0.2, 0.25) is 0 Å². The molecule has 3 aromatic rings. The fraction of sp³-hybridized carbons (Fsp3) is 0.310. The highest BCUT2D eigenvalue weighted by Gasteiger charge is 2.31. The minimum atomic E-state index is -3.71. The molecular weight excluding hydrogens is 516 g/mol. The zero-order chi connectivity index (χ0) is 27.6. The first-order chi connectivity index (χ1) is 18.7. The number of sulfonamides is 1. The zero-order valence-electron chi connectivity index (χ0n) is 22.1. The first-order valence-corrected chi connectivity index (χ1v) is 14.4. The molecule has 5 rings (SSSR count). The number of hydrogen-bond acceptors (Lipinski definition) is 6. The average molecular weight is 549 g/mol. The van der Waals surface area contributed by atoms with Crippen LogP contribution in [0.4, 0.5) is 11.4 Å². The highest BCUT2D eigenvalue weighted by Crippen LogP contribution is 2.33. The molecule has 2 amide bonds. The number of carbonyl (C=O) groups excluding carboxylic acids is 2. The third kappa shape index (κ3) is 5.76. The third-order valence-corrected chi connectivity index (χ3v) is 8.95. The third-order valence-electron chi connectivity index (χ3n) is 7.14. The van der Waals surface area contributed by atoms with Gasteiger partial charge in [0.05, 0.1) is 10.6 Å². The maximum absolute atomic E-state index is 13.3. The molecule has 0 aromatic heterocycles. The lowest BCUT2D eigenvalue weighted by atomic mass is 10.1. The van der Waals surface area contributed by atoms with E-state index in [0.29, 0.717) is 54.3 Å². The number of rotatable bonds is 7. The second kappa shape index (κ2) is 11.1. The number of nitrogens with one attached hydrogen (secondary N) is 1. The Labute approximate surface area is 229 Å². The summed E-state index contributed by atoms with van der Waals surface area (Å²) in [5, 5.41) is 2.77. The van der Waals surface area contributed by atoms with Crippen LogP contribution < -0.4 is 14.4 Å². The maximum atomic E-state index is 13.3. The fourth-order valence-corrected chi connectivity index (χ4v) is 6.45. The van der Waals surface area contributed by atoms with Crippen LogP contribution in [0.3, 0.4) is 0 Å². The van der Waals surface area contributed by atoms with E-state index in [4.69, 9.17) is 4.74 Å². The number of anilines is 2. The Kier molecular flexibility index (Phi) is 7.58. The summed E-state index contributed by atoms with van der Waals surface area (Å²) in [6.07, 6.45) is 0.681. The lowest BCUT2D eigenvalue weighted by Crippen LogP contribution is -2.47. The molecule has 2 aliphatic heterocycles. The van der Waals surface area contributed by atoms with E-state index in [1.165, 1.54) is 10.4 Å². The van der Waals surface area contributed by atoms with Crippen LogP contribution >= 0.6 is 0 Å². The van der Waals surface area contributed by atoms with Gasteiger partial charge in [0, 0.05) is 44.0 Å². The molecule has 0 atom stereocenters. The van der Waals surface area contributed by atoms with E-state index in [1.807, 2.05) is 36.2 Å². The Morgan fingerprint density at radius 2 is 1.64 bits per heavy atom. The van der Waals surface area contributed by atoms with Crippen molar-refractivity contribution in [3.63, 3.8) is 0 Å². The van der Waals surface area contributed by atoms with Crippen LogP contribution in [0.15, 0.2) is 71.6 Å². The molecule has 0 saturated carbocycles. The van der Waals surface area contributed by atoms with E-state index in [1.54, 1.807) is 43.3 Å². The number of nitrogens with zero attached hydrogens (tertiary/aromatic N) is 3. The van der Waals surface area contributed by atoms with Crippen LogP contribution in [0, 0.1) is 6.92 Å². The highest BCUT2D eigenvalue weighted by molar-refractivity contribution is 7.92. The minimum absolute atomic E-state index is 0.0146.